The highest BCUT2D eigenvalue weighted by Crippen LogP contribution is 2.17. The second-order valence-electron chi connectivity index (χ2n) is 4.40. The van der Waals surface area contributed by atoms with Crippen LogP contribution in [-0.2, 0) is 0 Å². The van der Waals surface area contributed by atoms with Gasteiger partial charge >= 0.3 is 0 Å². The zero-order valence-corrected chi connectivity index (χ0v) is 11.4. The topological polar surface area (TPSA) is 82.2 Å². The highest BCUT2D eigenvalue weighted by Gasteiger charge is 2.09. The van der Waals surface area contributed by atoms with Gasteiger partial charge in [0.1, 0.15) is 6.61 Å². The molecule has 5 heteroatoms. The van der Waals surface area contributed by atoms with Crippen LogP contribution in [0.25, 0.3) is 0 Å². The summed E-state index contributed by atoms with van der Waals surface area (Å²) in [5.74, 6) is 4.93. The van der Waals surface area contributed by atoms with Crippen LogP contribution in [0.5, 0.6) is 0 Å². The number of aliphatic hydroxyl groups is 1. The number of hydrogen-bond donors (Lipinski definition) is 3. The van der Waals surface area contributed by atoms with Gasteiger partial charge in [-0.05, 0) is 30.7 Å². The van der Waals surface area contributed by atoms with Crippen molar-refractivity contribution in [2.75, 3.05) is 11.9 Å². The molecule has 21 heavy (non-hydrogen) atoms. The molecule has 1 heterocycles. The first-order chi connectivity index (χ1) is 10.1. The fraction of sp³-hybridized carbons (Fsp3) is 0.125. The molecule has 0 spiro atoms. The smallest absolute Gasteiger partial charge is 0.255 e. The summed E-state index contributed by atoms with van der Waals surface area (Å²) in [6.07, 6.45) is 1.42. The second kappa shape index (κ2) is 6.55. The molecule has 0 saturated heterocycles. The molecule has 1 aromatic carbocycles. The lowest BCUT2D eigenvalue weighted by Crippen LogP contribution is -2.16. The molecule has 0 bridgehead atoms. The maximum atomic E-state index is 12.1. The molecule has 2 aromatic rings. The van der Waals surface area contributed by atoms with E-state index in [9.17, 15) is 9.59 Å². The van der Waals surface area contributed by atoms with Gasteiger partial charge in [-0.2, -0.15) is 0 Å². The van der Waals surface area contributed by atoms with Gasteiger partial charge in [0.2, 0.25) is 5.56 Å². The minimum absolute atomic E-state index is 0.255. The average molecular weight is 282 g/mol. The predicted molar refractivity (Wildman–Crippen MR) is 80.2 cm³/mol. The Morgan fingerprint density at radius 2 is 2.14 bits per heavy atom. The Labute approximate surface area is 121 Å². The van der Waals surface area contributed by atoms with Crippen LogP contribution in [0.15, 0.2) is 41.3 Å². The molecular weight excluding hydrogens is 268 g/mol. The summed E-state index contributed by atoms with van der Waals surface area (Å²) in [6, 6.07) is 8.16. The Balaban J connectivity index is 2.32. The van der Waals surface area contributed by atoms with E-state index >= 15 is 0 Å². The third-order valence-electron chi connectivity index (χ3n) is 2.76. The number of aliphatic hydroxyl groups excluding tert-OH is 1. The van der Waals surface area contributed by atoms with E-state index < -0.39 is 5.91 Å². The minimum Gasteiger partial charge on any atom is -0.384 e. The first kappa shape index (κ1) is 14.6. The highest BCUT2D eigenvalue weighted by molar-refractivity contribution is 6.04. The molecule has 0 radical (unpaired) electrons. The van der Waals surface area contributed by atoms with E-state index in [1.165, 1.54) is 18.3 Å². The standard InChI is InChI=1S/C16H14N2O3/c1-11-4-5-12(3-2-8-19)14(9-11)18-16(21)13-6-7-17-15(20)10-13/h4-7,9-10,19H,8H2,1H3,(H,17,20)(H,18,21). The van der Waals surface area contributed by atoms with Crippen molar-refractivity contribution in [3.63, 3.8) is 0 Å². The summed E-state index contributed by atoms with van der Waals surface area (Å²) in [4.78, 5) is 25.8. The molecule has 106 valence electrons. The first-order valence-electron chi connectivity index (χ1n) is 6.30. The van der Waals surface area contributed by atoms with Crippen LogP contribution in [0.4, 0.5) is 5.69 Å². The average Bonchev–Trinajstić information content (AvgIpc) is 2.46. The number of aromatic amines is 1. The van der Waals surface area contributed by atoms with Gasteiger partial charge in [-0.1, -0.05) is 17.9 Å². The lowest BCUT2D eigenvalue weighted by molar-refractivity contribution is 0.102. The molecule has 0 aliphatic carbocycles. The number of carbonyl (C=O) groups excluding carboxylic acids is 1. The maximum absolute atomic E-state index is 12.1. The van der Waals surface area contributed by atoms with Crippen molar-refractivity contribution in [3.05, 3.63) is 63.6 Å². The SMILES string of the molecule is Cc1ccc(C#CCO)c(NC(=O)c2cc[nH]c(=O)c2)c1. The van der Waals surface area contributed by atoms with E-state index in [1.54, 1.807) is 12.1 Å². The first-order valence-corrected chi connectivity index (χ1v) is 6.30. The van der Waals surface area contributed by atoms with Crippen molar-refractivity contribution in [1.82, 2.24) is 4.98 Å². The van der Waals surface area contributed by atoms with E-state index in [-0.39, 0.29) is 17.7 Å². The molecule has 3 N–H and O–H groups in total. The van der Waals surface area contributed by atoms with Crippen molar-refractivity contribution in [1.29, 1.82) is 0 Å². The molecule has 0 atom stereocenters. The summed E-state index contributed by atoms with van der Waals surface area (Å²) < 4.78 is 0. The number of benzene rings is 1. The van der Waals surface area contributed by atoms with E-state index in [2.05, 4.69) is 22.1 Å². The zero-order valence-electron chi connectivity index (χ0n) is 11.4. The molecule has 1 amide bonds. The number of anilines is 1. The van der Waals surface area contributed by atoms with Gasteiger partial charge in [0, 0.05) is 23.4 Å². The number of pyridine rings is 1. The lowest BCUT2D eigenvalue weighted by atomic mass is 10.1. The van der Waals surface area contributed by atoms with Crippen molar-refractivity contribution in [2.45, 2.75) is 6.92 Å². The van der Waals surface area contributed by atoms with Gasteiger partial charge in [0.05, 0.1) is 5.69 Å². The van der Waals surface area contributed by atoms with Crippen LogP contribution in [0.1, 0.15) is 21.5 Å². The summed E-state index contributed by atoms with van der Waals surface area (Å²) in [5, 5.41) is 11.5. The van der Waals surface area contributed by atoms with Crippen molar-refractivity contribution in [2.24, 2.45) is 0 Å². The van der Waals surface area contributed by atoms with Crippen LogP contribution in [0, 0.1) is 18.8 Å². The number of hydrogen-bond acceptors (Lipinski definition) is 3. The number of H-pyrrole nitrogens is 1. The molecule has 5 nitrogen and oxygen atoms in total. The fourth-order valence-corrected chi connectivity index (χ4v) is 1.79. The van der Waals surface area contributed by atoms with Crippen LogP contribution < -0.4 is 10.9 Å². The fourth-order valence-electron chi connectivity index (χ4n) is 1.79. The third kappa shape index (κ3) is 3.81. The van der Waals surface area contributed by atoms with Crippen molar-refractivity contribution < 1.29 is 9.90 Å². The van der Waals surface area contributed by atoms with E-state index in [1.807, 2.05) is 13.0 Å². The van der Waals surface area contributed by atoms with Crippen molar-refractivity contribution in [3.8, 4) is 11.8 Å². The van der Waals surface area contributed by atoms with Gasteiger partial charge in [-0.3, -0.25) is 9.59 Å². The summed E-state index contributed by atoms with van der Waals surface area (Å²) >= 11 is 0. The van der Waals surface area contributed by atoms with Gasteiger partial charge in [-0.25, -0.2) is 0 Å². The molecular formula is C16H14N2O3. The van der Waals surface area contributed by atoms with E-state index in [4.69, 9.17) is 5.11 Å². The van der Waals surface area contributed by atoms with E-state index in [0.29, 0.717) is 11.3 Å². The van der Waals surface area contributed by atoms with E-state index in [0.717, 1.165) is 5.56 Å². The minimum atomic E-state index is -0.390. The molecule has 0 aliphatic heterocycles. The van der Waals surface area contributed by atoms with Crippen LogP contribution in [0.3, 0.4) is 0 Å². The number of rotatable bonds is 2. The molecule has 0 aliphatic rings. The largest absolute Gasteiger partial charge is 0.384 e. The number of aryl methyl sites for hydroxylation is 1. The second-order valence-corrected chi connectivity index (χ2v) is 4.40. The normalized spacial score (nSPS) is 9.62. The monoisotopic (exact) mass is 282 g/mol. The molecule has 2 rings (SSSR count). The van der Waals surface area contributed by atoms with Crippen molar-refractivity contribution >= 4 is 11.6 Å². The summed E-state index contributed by atoms with van der Waals surface area (Å²) in [5.41, 5.74) is 2.04. The number of aromatic nitrogens is 1. The van der Waals surface area contributed by atoms with Gasteiger partial charge in [0.25, 0.3) is 5.91 Å². The van der Waals surface area contributed by atoms with Crippen LogP contribution in [-0.4, -0.2) is 22.6 Å². The summed E-state index contributed by atoms with van der Waals surface area (Å²) in [7, 11) is 0. The van der Waals surface area contributed by atoms with Crippen LogP contribution in [0.2, 0.25) is 0 Å². The Hall–Kier alpha value is -2.84. The quantitative estimate of drug-likeness (QED) is 0.726. The van der Waals surface area contributed by atoms with Gasteiger partial charge in [-0.15, -0.1) is 0 Å². The van der Waals surface area contributed by atoms with Crippen LogP contribution >= 0.6 is 0 Å². The molecule has 0 saturated carbocycles. The van der Waals surface area contributed by atoms with Gasteiger partial charge in [0.15, 0.2) is 0 Å². The molecule has 1 aromatic heterocycles. The Morgan fingerprint density at radius 1 is 1.33 bits per heavy atom. The number of carbonyl (C=O) groups is 1. The maximum Gasteiger partial charge on any atom is 0.255 e. The lowest BCUT2D eigenvalue weighted by Gasteiger charge is -2.08. The zero-order chi connectivity index (χ0) is 15.2. The molecule has 0 unspecified atom stereocenters. The number of amides is 1. The Bertz CT molecular complexity index is 782. The highest BCUT2D eigenvalue weighted by atomic mass is 16.2. The summed E-state index contributed by atoms with van der Waals surface area (Å²) in [6.45, 7) is 1.64. The molecule has 0 fully saturated rings. The predicted octanol–water partition coefficient (Wildman–Crippen LogP) is 1.28. The Kier molecular flexibility index (Phi) is 4.54. The Morgan fingerprint density at radius 3 is 2.86 bits per heavy atom. The van der Waals surface area contributed by atoms with Gasteiger partial charge < -0.3 is 15.4 Å². The number of nitrogens with one attached hydrogen (secondary N) is 2. The third-order valence-corrected chi connectivity index (χ3v) is 2.76.